The van der Waals surface area contributed by atoms with Crippen LogP contribution in [0.4, 0.5) is 0 Å². The van der Waals surface area contributed by atoms with Gasteiger partial charge in [0.15, 0.2) is 6.61 Å². The molecule has 0 aliphatic heterocycles. The summed E-state index contributed by atoms with van der Waals surface area (Å²) in [5.41, 5.74) is 5.94. The highest BCUT2D eigenvalue weighted by atomic mass is 16.6. The van der Waals surface area contributed by atoms with Crippen molar-refractivity contribution in [2.75, 3.05) is 13.7 Å². The lowest BCUT2D eigenvalue weighted by Crippen LogP contribution is -2.27. The van der Waals surface area contributed by atoms with Gasteiger partial charge in [0.2, 0.25) is 0 Å². The number of hydrogen-bond acceptors (Lipinski definition) is 5. The molecule has 2 N–H and O–H groups in total. The van der Waals surface area contributed by atoms with Gasteiger partial charge in [0.05, 0.1) is 7.11 Å². The molecule has 1 rings (SSSR count). The zero-order valence-electron chi connectivity index (χ0n) is 11.9. The first-order valence-corrected chi connectivity index (χ1v) is 6.06. The van der Waals surface area contributed by atoms with E-state index in [1.165, 1.54) is 0 Å². The summed E-state index contributed by atoms with van der Waals surface area (Å²) in [6.07, 6.45) is 0. The molecule has 0 radical (unpaired) electrons. The molecule has 0 aromatic heterocycles. The molecule has 0 amide bonds. The Balaban J connectivity index is 2.64. The van der Waals surface area contributed by atoms with E-state index in [0.29, 0.717) is 18.0 Å². The van der Waals surface area contributed by atoms with Crippen LogP contribution in [0.2, 0.25) is 0 Å². The molecule has 0 saturated carbocycles. The number of methoxy groups -OCH3 is 1. The predicted octanol–water partition coefficient (Wildman–Crippen LogP) is 1.87. The van der Waals surface area contributed by atoms with Gasteiger partial charge in [-0.2, -0.15) is 0 Å². The molecule has 5 nitrogen and oxygen atoms in total. The number of hydrogen-bond donors (Lipinski definition) is 1. The Bertz CT molecular complexity index is 415. The third kappa shape index (κ3) is 5.61. The van der Waals surface area contributed by atoms with Crippen LogP contribution in [0.25, 0.3) is 0 Å². The van der Waals surface area contributed by atoms with Crippen molar-refractivity contribution in [1.82, 2.24) is 0 Å². The predicted molar refractivity (Wildman–Crippen MR) is 72.2 cm³/mol. The highest BCUT2D eigenvalue weighted by molar-refractivity contribution is 5.71. The number of benzene rings is 1. The van der Waals surface area contributed by atoms with E-state index in [2.05, 4.69) is 0 Å². The van der Waals surface area contributed by atoms with Gasteiger partial charge in [-0.15, -0.1) is 0 Å². The molecule has 0 fully saturated rings. The lowest BCUT2D eigenvalue weighted by Gasteiger charge is -2.19. The maximum atomic E-state index is 11.5. The maximum absolute atomic E-state index is 11.5. The maximum Gasteiger partial charge on any atom is 0.344 e. The van der Waals surface area contributed by atoms with Crippen molar-refractivity contribution in [3.05, 3.63) is 23.8 Å². The first-order chi connectivity index (χ1) is 8.84. The average molecular weight is 267 g/mol. The Kier molecular flexibility index (Phi) is 5.18. The molecule has 106 valence electrons. The topological polar surface area (TPSA) is 70.8 Å². The number of carbonyl (C=O) groups excluding carboxylic acids is 1. The number of carbonyl (C=O) groups is 1. The second kappa shape index (κ2) is 6.43. The number of nitrogens with two attached hydrogens (primary N) is 1. The van der Waals surface area contributed by atoms with Crippen LogP contribution >= 0.6 is 0 Å². The Labute approximate surface area is 113 Å². The van der Waals surface area contributed by atoms with Gasteiger partial charge in [-0.05, 0) is 38.5 Å². The van der Waals surface area contributed by atoms with Gasteiger partial charge in [0.25, 0.3) is 0 Å². The van der Waals surface area contributed by atoms with Crippen molar-refractivity contribution in [2.24, 2.45) is 5.73 Å². The minimum atomic E-state index is -0.517. The summed E-state index contributed by atoms with van der Waals surface area (Å²) in [5.74, 6) is 0.761. The smallest absolute Gasteiger partial charge is 0.344 e. The van der Waals surface area contributed by atoms with Crippen LogP contribution in [0.5, 0.6) is 11.5 Å². The van der Waals surface area contributed by atoms with E-state index in [0.717, 1.165) is 5.56 Å². The highest BCUT2D eigenvalue weighted by Gasteiger charge is 2.16. The van der Waals surface area contributed by atoms with Crippen LogP contribution in [-0.4, -0.2) is 25.3 Å². The normalized spacial score (nSPS) is 11.0. The summed E-state index contributed by atoms with van der Waals surface area (Å²) < 4.78 is 15.7. The quantitative estimate of drug-likeness (QED) is 0.825. The molecular formula is C14H21NO4. The van der Waals surface area contributed by atoms with Gasteiger partial charge in [-0.1, -0.05) is 0 Å². The summed E-state index contributed by atoms with van der Waals surface area (Å²) in [7, 11) is 1.56. The Morgan fingerprint density at radius 3 is 2.37 bits per heavy atom. The molecule has 5 heteroatoms. The summed E-state index contributed by atoms with van der Waals surface area (Å²) in [6.45, 7) is 5.66. The third-order valence-corrected chi connectivity index (χ3v) is 2.19. The average Bonchev–Trinajstić information content (AvgIpc) is 2.33. The molecule has 0 atom stereocenters. The van der Waals surface area contributed by atoms with E-state index in [4.69, 9.17) is 19.9 Å². The van der Waals surface area contributed by atoms with Gasteiger partial charge in [0, 0.05) is 12.6 Å². The van der Waals surface area contributed by atoms with E-state index in [9.17, 15) is 4.79 Å². The fourth-order valence-corrected chi connectivity index (χ4v) is 1.46. The molecule has 19 heavy (non-hydrogen) atoms. The SMILES string of the molecule is COc1cc(CN)cc(OCC(=O)OC(C)(C)C)c1. The van der Waals surface area contributed by atoms with Crippen molar-refractivity contribution < 1.29 is 19.0 Å². The zero-order valence-corrected chi connectivity index (χ0v) is 11.9. The van der Waals surface area contributed by atoms with Crippen LogP contribution in [0.1, 0.15) is 26.3 Å². The standard InChI is InChI=1S/C14H21NO4/c1-14(2,3)19-13(16)9-18-12-6-10(8-15)5-11(7-12)17-4/h5-7H,8-9,15H2,1-4H3. The van der Waals surface area contributed by atoms with Crippen molar-refractivity contribution in [3.63, 3.8) is 0 Å². The molecule has 0 saturated heterocycles. The molecule has 0 heterocycles. The molecule has 1 aromatic carbocycles. The highest BCUT2D eigenvalue weighted by Crippen LogP contribution is 2.22. The Morgan fingerprint density at radius 1 is 1.21 bits per heavy atom. The molecule has 0 aliphatic rings. The second-order valence-electron chi connectivity index (χ2n) is 5.10. The molecular weight excluding hydrogens is 246 g/mol. The number of ether oxygens (including phenoxy) is 3. The van der Waals surface area contributed by atoms with E-state index < -0.39 is 11.6 Å². The van der Waals surface area contributed by atoms with Gasteiger partial charge < -0.3 is 19.9 Å². The molecule has 0 unspecified atom stereocenters. The summed E-state index contributed by atoms with van der Waals surface area (Å²) in [5, 5.41) is 0. The van der Waals surface area contributed by atoms with Gasteiger partial charge in [-0.25, -0.2) is 4.79 Å². The molecule has 0 bridgehead atoms. The largest absolute Gasteiger partial charge is 0.497 e. The van der Waals surface area contributed by atoms with Gasteiger partial charge in [-0.3, -0.25) is 0 Å². The van der Waals surface area contributed by atoms with Crippen LogP contribution in [-0.2, 0) is 16.1 Å². The lowest BCUT2D eigenvalue weighted by molar-refractivity contribution is -0.157. The van der Waals surface area contributed by atoms with Crippen molar-refractivity contribution in [1.29, 1.82) is 0 Å². The second-order valence-corrected chi connectivity index (χ2v) is 5.10. The summed E-state index contributed by atoms with van der Waals surface area (Å²) in [4.78, 5) is 11.5. The van der Waals surface area contributed by atoms with Crippen LogP contribution in [0.3, 0.4) is 0 Å². The Hall–Kier alpha value is -1.75. The Morgan fingerprint density at radius 2 is 1.84 bits per heavy atom. The third-order valence-electron chi connectivity index (χ3n) is 2.19. The lowest BCUT2D eigenvalue weighted by atomic mass is 10.2. The van der Waals surface area contributed by atoms with E-state index in [-0.39, 0.29) is 6.61 Å². The van der Waals surface area contributed by atoms with Crippen molar-refractivity contribution >= 4 is 5.97 Å². The van der Waals surface area contributed by atoms with Crippen molar-refractivity contribution in [3.8, 4) is 11.5 Å². The van der Waals surface area contributed by atoms with Crippen LogP contribution < -0.4 is 15.2 Å². The molecule has 1 aromatic rings. The fourth-order valence-electron chi connectivity index (χ4n) is 1.46. The molecule has 0 aliphatic carbocycles. The van der Waals surface area contributed by atoms with E-state index in [1.807, 2.05) is 26.8 Å². The summed E-state index contributed by atoms with van der Waals surface area (Å²) in [6, 6.07) is 5.29. The van der Waals surface area contributed by atoms with Crippen molar-refractivity contribution in [2.45, 2.75) is 32.9 Å². The monoisotopic (exact) mass is 267 g/mol. The fraction of sp³-hybridized carbons (Fsp3) is 0.500. The minimum absolute atomic E-state index is 0.144. The van der Waals surface area contributed by atoms with E-state index >= 15 is 0 Å². The first-order valence-electron chi connectivity index (χ1n) is 6.06. The number of rotatable bonds is 5. The summed E-state index contributed by atoms with van der Waals surface area (Å²) >= 11 is 0. The van der Waals surface area contributed by atoms with Gasteiger partial charge in [0.1, 0.15) is 17.1 Å². The minimum Gasteiger partial charge on any atom is -0.497 e. The first kappa shape index (κ1) is 15.3. The van der Waals surface area contributed by atoms with Crippen LogP contribution in [0.15, 0.2) is 18.2 Å². The van der Waals surface area contributed by atoms with Crippen LogP contribution in [0, 0.1) is 0 Å². The zero-order chi connectivity index (χ0) is 14.5. The molecule has 0 spiro atoms. The van der Waals surface area contributed by atoms with Gasteiger partial charge >= 0.3 is 5.97 Å². The number of esters is 1. The van der Waals surface area contributed by atoms with E-state index in [1.54, 1.807) is 19.2 Å².